The largest absolute Gasteiger partial charge is 0.465 e. The number of hydrogen-bond donors (Lipinski definition) is 0. The van der Waals surface area contributed by atoms with Crippen LogP contribution in [0.3, 0.4) is 0 Å². The van der Waals surface area contributed by atoms with Crippen molar-refractivity contribution in [1.82, 2.24) is 9.55 Å². The van der Waals surface area contributed by atoms with Crippen LogP contribution < -0.4 is 0 Å². The van der Waals surface area contributed by atoms with E-state index < -0.39 is 5.97 Å². The minimum absolute atomic E-state index is 0.0549. The van der Waals surface area contributed by atoms with E-state index in [9.17, 15) is 9.59 Å². The highest BCUT2D eigenvalue weighted by Gasteiger charge is 2.15. The Labute approximate surface area is 165 Å². The second-order valence-corrected chi connectivity index (χ2v) is 7.42. The highest BCUT2D eigenvalue weighted by Crippen LogP contribution is 2.20. The Kier molecular flexibility index (Phi) is 5.88. The van der Waals surface area contributed by atoms with Crippen molar-refractivity contribution in [3.63, 3.8) is 0 Å². The van der Waals surface area contributed by atoms with E-state index in [-0.39, 0.29) is 5.78 Å². The molecule has 5 nitrogen and oxygen atoms in total. The number of aryl methyl sites for hydroxylation is 1. The van der Waals surface area contributed by atoms with Crippen LogP contribution in [0.15, 0.2) is 48.8 Å². The molecule has 0 N–H and O–H groups in total. The van der Waals surface area contributed by atoms with Crippen LogP contribution in [0, 0.1) is 6.92 Å². The molecule has 0 saturated carbocycles. The van der Waals surface area contributed by atoms with Crippen molar-refractivity contribution in [2.75, 3.05) is 7.11 Å². The lowest BCUT2D eigenvalue weighted by molar-refractivity contribution is 0.0600. The number of carbonyl (C=O) groups excluding carboxylic acids is 2. The lowest BCUT2D eigenvalue weighted by Crippen LogP contribution is -2.08. The average Bonchev–Trinajstić information content (AvgIpc) is 3.30. The molecule has 0 amide bonds. The molecule has 2 aromatic heterocycles. The first kappa shape index (κ1) is 19.1. The molecule has 0 aliphatic rings. The van der Waals surface area contributed by atoms with Gasteiger partial charge in [-0.15, -0.1) is 11.3 Å². The van der Waals surface area contributed by atoms with Gasteiger partial charge in [0.2, 0.25) is 5.78 Å². The Hall–Kier alpha value is -2.70. The summed E-state index contributed by atoms with van der Waals surface area (Å²) >= 11 is 7.35. The van der Waals surface area contributed by atoms with E-state index in [2.05, 4.69) is 4.98 Å². The summed E-state index contributed by atoms with van der Waals surface area (Å²) in [5.41, 5.74) is 1.68. The molecule has 0 bridgehead atoms. The molecule has 0 radical (unpaired) electrons. The molecular formula is C20H17ClN2O3S. The van der Waals surface area contributed by atoms with Crippen molar-refractivity contribution in [2.45, 2.75) is 13.5 Å². The van der Waals surface area contributed by atoms with Gasteiger partial charge in [0.15, 0.2) is 0 Å². The zero-order valence-electron chi connectivity index (χ0n) is 14.8. The Bertz CT molecular complexity index is 1020. The quantitative estimate of drug-likeness (QED) is 0.446. The number of thiazole rings is 1. The number of aromatic nitrogens is 2. The molecular weight excluding hydrogens is 384 g/mol. The fraction of sp³-hybridized carbons (Fsp3) is 0.150. The summed E-state index contributed by atoms with van der Waals surface area (Å²) in [4.78, 5) is 29.3. The number of ketones is 1. The van der Waals surface area contributed by atoms with Crippen LogP contribution in [0.1, 0.15) is 36.3 Å². The summed E-state index contributed by atoms with van der Waals surface area (Å²) in [5, 5.41) is 1.32. The number of carbonyl (C=O) groups is 2. The second kappa shape index (κ2) is 8.33. The molecule has 138 valence electrons. The van der Waals surface area contributed by atoms with Gasteiger partial charge in [0.05, 0.1) is 28.3 Å². The first-order valence-electron chi connectivity index (χ1n) is 8.16. The summed E-state index contributed by atoms with van der Waals surface area (Å²) in [7, 11) is 1.33. The van der Waals surface area contributed by atoms with Crippen molar-refractivity contribution < 1.29 is 14.3 Å². The number of nitrogens with zero attached hydrogens (tertiary/aromatic N) is 2. The van der Waals surface area contributed by atoms with E-state index in [1.165, 1.54) is 18.4 Å². The maximum Gasteiger partial charge on any atom is 0.338 e. The number of allylic oxidation sites excluding steroid dienone is 1. The van der Waals surface area contributed by atoms with Gasteiger partial charge in [0.25, 0.3) is 0 Å². The SMILES string of the molecule is COC(=O)c1cc(Cl)ccc1/C=C/Cn1cccc1C(=O)c1cnc(C)s1. The normalized spacial score (nSPS) is 11.1. The number of esters is 1. The molecule has 1 aromatic carbocycles. The van der Waals surface area contributed by atoms with Crippen molar-refractivity contribution >= 4 is 40.8 Å². The Balaban J connectivity index is 1.80. The third-order valence-corrected chi connectivity index (χ3v) is 5.07. The summed E-state index contributed by atoms with van der Waals surface area (Å²) in [6.07, 6.45) is 7.14. The highest BCUT2D eigenvalue weighted by atomic mass is 35.5. The molecule has 7 heteroatoms. The zero-order valence-corrected chi connectivity index (χ0v) is 16.4. The van der Waals surface area contributed by atoms with Gasteiger partial charge in [-0.2, -0.15) is 0 Å². The predicted molar refractivity (Wildman–Crippen MR) is 107 cm³/mol. The Morgan fingerprint density at radius 3 is 2.85 bits per heavy atom. The van der Waals surface area contributed by atoms with E-state index in [1.807, 2.05) is 35.9 Å². The van der Waals surface area contributed by atoms with Crippen molar-refractivity contribution in [1.29, 1.82) is 0 Å². The molecule has 3 rings (SSSR count). The Morgan fingerprint density at radius 2 is 2.15 bits per heavy atom. The maximum absolute atomic E-state index is 12.6. The van der Waals surface area contributed by atoms with E-state index in [4.69, 9.17) is 16.3 Å². The van der Waals surface area contributed by atoms with E-state index in [0.717, 1.165) is 5.01 Å². The fourth-order valence-electron chi connectivity index (χ4n) is 2.63. The minimum atomic E-state index is -0.449. The molecule has 0 unspecified atom stereocenters. The molecule has 0 fully saturated rings. The standard InChI is InChI=1S/C20H17ClN2O3S/c1-13-22-12-18(27-13)19(24)17-6-4-10-23(17)9-3-5-14-7-8-15(21)11-16(14)20(25)26-2/h3-8,10-12H,9H2,1-2H3/b5-3+. The molecule has 0 aliphatic heterocycles. The second-order valence-electron chi connectivity index (χ2n) is 5.74. The average molecular weight is 401 g/mol. The van der Waals surface area contributed by atoms with Gasteiger partial charge in [-0.25, -0.2) is 9.78 Å². The monoisotopic (exact) mass is 400 g/mol. The van der Waals surface area contributed by atoms with Crippen LogP contribution in [0.25, 0.3) is 6.08 Å². The Morgan fingerprint density at radius 1 is 1.33 bits per heavy atom. The number of benzene rings is 1. The minimum Gasteiger partial charge on any atom is -0.465 e. The van der Waals surface area contributed by atoms with Gasteiger partial charge < -0.3 is 9.30 Å². The van der Waals surface area contributed by atoms with Crippen LogP contribution in [-0.2, 0) is 11.3 Å². The molecule has 2 heterocycles. The lowest BCUT2D eigenvalue weighted by atomic mass is 10.1. The van der Waals surface area contributed by atoms with Crippen LogP contribution in [0.5, 0.6) is 0 Å². The molecule has 0 saturated heterocycles. The number of hydrogen-bond acceptors (Lipinski definition) is 5. The number of ether oxygens (including phenoxy) is 1. The van der Waals surface area contributed by atoms with Crippen LogP contribution >= 0.6 is 22.9 Å². The first-order chi connectivity index (χ1) is 13.0. The van der Waals surface area contributed by atoms with Gasteiger partial charge in [0.1, 0.15) is 0 Å². The number of halogens is 1. The first-order valence-corrected chi connectivity index (χ1v) is 9.35. The van der Waals surface area contributed by atoms with Crippen LogP contribution in [0.4, 0.5) is 0 Å². The van der Waals surface area contributed by atoms with Crippen LogP contribution in [0.2, 0.25) is 5.02 Å². The molecule has 0 aliphatic carbocycles. The summed E-state index contributed by atoms with van der Waals surface area (Å²) < 4.78 is 6.65. The zero-order chi connectivity index (χ0) is 19.4. The van der Waals surface area contributed by atoms with Crippen molar-refractivity contribution in [2.24, 2.45) is 0 Å². The van der Waals surface area contributed by atoms with Gasteiger partial charge >= 0.3 is 5.97 Å². The molecule has 27 heavy (non-hydrogen) atoms. The molecule has 0 atom stereocenters. The summed E-state index contributed by atoms with van der Waals surface area (Å²) in [6, 6.07) is 8.66. The topological polar surface area (TPSA) is 61.2 Å². The smallest absolute Gasteiger partial charge is 0.338 e. The number of rotatable bonds is 6. The highest BCUT2D eigenvalue weighted by molar-refractivity contribution is 7.13. The van der Waals surface area contributed by atoms with Crippen LogP contribution in [-0.4, -0.2) is 28.4 Å². The molecule has 3 aromatic rings. The molecule has 0 spiro atoms. The van der Waals surface area contributed by atoms with E-state index in [1.54, 1.807) is 30.5 Å². The number of methoxy groups -OCH3 is 1. The van der Waals surface area contributed by atoms with Gasteiger partial charge in [-0.3, -0.25) is 4.79 Å². The van der Waals surface area contributed by atoms with Crippen molar-refractivity contribution in [3.05, 3.63) is 80.5 Å². The van der Waals surface area contributed by atoms with E-state index in [0.29, 0.717) is 33.3 Å². The lowest BCUT2D eigenvalue weighted by Gasteiger charge is -2.06. The van der Waals surface area contributed by atoms with Crippen molar-refractivity contribution in [3.8, 4) is 0 Å². The summed E-state index contributed by atoms with van der Waals surface area (Å²) in [5.74, 6) is -0.504. The summed E-state index contributed by atoms with van der Waals surface area (Å²) in [6.45, 7) is 2.35. The fourth-order valence-corrected chi connectivity index (χ4v) is 3.52. The van der Waals surface area contributed by atoms with Gasteiger partial charge in [-0.1, -0.05) is 29.8 Å². The third kappa shape index (κ3) is 4.35. The van der Waals surface area contributed by atoms with Gasteiger partial charge in [0, 0.05) is 24.0 Å². The third-order valence-electron chi connectivity index (χ3n) is 3.93. The maximum atomic E-state index is 12.6. The predicted octanol–water partition coefficient (Wildman–Crippen LogP) is 4.64. The van der Waals surface area contributed by atoms with Gasteiger partial charge in [-0.05, 0) is 36.8 Å². The van der Waals surface area contributed by atoms with E-state index >= 15 is 0 Å².